The number of nitrogens with zero attached hydrogens (tertiary/aromatic N) is 5. The summed E-state index contributed by atoms with van der Waals surface area (Å²) in [6.45, 7) is 6.37. The Morgan fingerprint density at radius 3 is 2.58 bits per heavy atom. The SMILES string of the molecule is COc1cccc(Oc2nc(N3CCC(C)CC3)nc3c2CN(C(=O)c2ccc(C)c([N+](=O)[O-])c2)CC3)c1. The molecule has 0 saturated carbocycles. The van der Waals surface area contributed by atoms with Crippen LogP contribution in [0.15, 0.2) is 42.5 Å². The number of aromatic nitrogens is 2. The molecule has 1 aromatic heterocycles. The van der Waals surface area contributed by atoms with E-state index in [9.17, 15) is 14.9 Å². The number of fused-ring (bicyclic) bond motifs is 1. The minimum absolute atomic E-state index is 0.0702. The Balaban J connectivity index is 1.48. The van der Waals surface area contributed by atoms with Crippen molar-refractivity contribution in [3.63, 3.8) is 0 Å². The number of carbonyl (C=O) groups is 1. The lowest BCUT2D eigenvalue weighted by atomic mass is 9.99. The van der Waals surface area contributed by atoms with Gasteiger partial charge in [0.25, 0.3) is 11.6 Å². The summed E-state index contributed by atoms with van der Waals surface area (Å²) in [5.41, 5.74) is 2.31. The molecule has 0 bridgehead atoms. The summed E-state index contributed by atoms with van der Waals surface area (Å²) in [6.07, 6.45) is 2.69. The van der Waals surface area contributed by atoms with E-state index in [1.165, 1.54) is 6.07 Å². The van der Waals surface area contributed by atoms with E-state index < -0.39 is 4.92 Å². The van der Waals surface area contributed by atoms with Crippen molar-refractivity contribution in [2.75, 3.05) is 31.6 Å². The van der Waals surface area contributed by atoms with Gasteiger partial charge in [0.2, 0.25) is 11.8 Å². The molecule has 2 aromatic carbocycles. The zero-order valence-corrected chi connectivity index (χ0v) is 21.8. The molecule has 0 aliphatic carbocycles. The standard InChI is InChI=1S/C28H31N5O5/c1-18-9-12-31(13-10-18)28-29-24-11-14-32(27(34)20-8-7-19(2)25(15-20)33(35)36)17-23(24)26(30-28)38-22-6-4-5-21(16-22)37-3/h4-8,15-16,18H,9-14,17H2,1-3H3. The summed E-state index contributed by atoms with van der Waals surface area (Å²) >= 11 is 0. The fraction of sp³-hybridized carbons (Fsp3) is 0.393. The van der Waals surface area contributed by atoms with Gasteiger partial charge in [0.15, 0.2) is 0 Å². The zero-order valence-electron chi connectivity index (χ0n) is 21.8. The number of methoxy groups -OCH3 is 1. The number of nitro groups is 1. The molecular weight excluding hydrogens is 486 g/mol. The van der Waals surface area contributed by atoms with Gasteiger partial charge < -0.3 is 19.3 Å². The first-order valence-electron chi connectivity index (χ1n) is 12.8. The first-order chi connectivity index (χ1) is 18.3. The largest absolute Gasteiger partial charge is 0.497 e. The lowest BCUT2D eigenvalue weighted by molar-refractivity contribution is -0.385. The second-order valence-corrected chi connectivity index (χ2v) is 9.94. The highest BCUT2D eigenvalue weighted by Crippen LogP contribution is 2.34. The van der Waals surface area contributed by atoms with Crippen molar-refractivity contribution in [2.45, 2.75) is 39.7 Å². The number of piperidine rings is 1. The highest BCUT2D eigenvalue weighted by molar-refractivity contribution is 5.95. The summed E-state index contributed by atoms with van der Waals surface area (Å²) in [5.74, 6) is 2.68. The highest BCUT2D eigenvalue weighted by Gasteiger charge is 2.30. The molecule has 3 heterocycles. The summed E-state index contributed by atoms with van der Waals surface area (Å²) in [4.78, 5) is 37.9. The van der Waals surface area contributed by atoms with Crippen LogP contribution in [0.5, 0.6) is 17.4 Å². The van der Waals surface area contributed by atoms with Crippen LogP contribution in [0.4, 0.5) is 11.6 Å². The number of aryl methyl sites for hydroxylation is 1. The summed E-state index contributed by atoms with van der Waals surface area (Å²) in [7, 11) is 1.60. The number of nitro benzene ring substituents is 1. The molecule has 10 nitrogen and oxygen atoms in total. The quantitative estimate of drug-likeness (QED) is 0.334. The Labute approximate surface area is 221 Å². The number of amides is 1. The van der Waals surface area contributed by atoms with Gasteiger partial charge in [-0.3, -0.25) is 14.9 Å². The van der Waals surface area contributed by atoms with Gasteiger partial charge in [0, 0.05) is 49.3 Å². The minimum Gasteiger partial charge on any atom is -0.497 e. The van der Waals surface area contributed by atoms with Crippen molar-refractivity contribution in [3.8, 4) is 17.4 Å². The van der Waals surface area contributed by atoms with Crippen LogP contribution < -0.4 is 14.4 Å². The predicted molar refractivity (Wildman–Crippen MR) is 142 cm³/mol. The molecule has 38 heavy (non-hydrogen) atoms. The van der Waals surface area contributed by atoms with Gasteiger partial charge >= 0.3 is 0 Å². The molecule has 2 aliphatic rings. The van der Waals surface area contributed by atoms with Gasteiger partial charge in [-0.15, -0.1) is 0 Å². The van der Waals surface area contributed by atoms with E-state index in [-0.39, 0.29) is 23.7 Å². The smallest absolute Gasteiger partial charge is 0.273 e. The topological polar surface area (TPSA) is 111 Å². The van der Waals surface area contributed by atoms with E-state index >= 15 is 0 Å². The number of hydrogen-bond donors (Lipinski definition) is 0. The number of ether oxygens (including phenoxy) is 2. The molecule has 198 valence electrons. The first kappa shape index (κ1) is 25.4. The van der Waals surface area contributed by atoms with Crippen LogP contribution in [0.2, 0.25) is 0 Å². The van der Waals surface area contributed by atoms with Crippen LogP contribution in [0, 0.1) is 23.0 Å². The van der Waals surface area contributed by atoms with Crippen LogP contribution in [0.1, 0.15) is 46.9 Å². The molecule has 0 spiro atoms. The zero-order chi connectivity index (χ0) is 26.8. The predicted octanol–water partition coefficient (Wildman–Crippen LogP) is 4.93. The highest BCUT2D eigenvalue weighted by atomic mass is 16.6. The van der Waals surface area contributed by atoms with Gasteiger partial charge in [0.1, 0.15) is 11.5 Å². The van der Waals surface area contributed by atoms with Crippen LogP contribution in [-0.4, -0.2) is 52.4 Å². The number of hydrogen-bond acceptors (Lipinski definition) is 8. The molecule has 1 saturated heterocycles. The molecule has 1 fully saturated rings. The maximum atomic E-state index is 13.4. The molecule has 3 aromatic rings. The molecule has 0 radical (unpaired) electrons. The number of anilines is 1. The Morgan fingerprint density at radius 2 is 1.84 bits per heavy atom. The number of carbonyl (C=O) groups excluding carboxylic acids is 1. The van der Waals surface area contributed by atoms with Crippen molar-refractivity contribution < 1.29 is 19.2 Å². The molecule has 0 N–H and O–H groups in total. The fourth-order valence-corrected chi connectivity index (χ4v) is 4.88. The summed E-state index contributed by atoms with van der Waals surface area (Å²) in [5, 5.41) is 11.4. The molecular formula is C28H31N5O5. The van der Waals surface area contributed by atoms with Crippen molar-refractivity contribution in [1.82, 2.24) is 14.9 Å². The van der Waals surface area contributed by atoms with E-state index in [0.29, 0.717) is 47.8 Å². The van der Waals surface area contributed by atoms with Crippen LogP contribution >= 0.6 is 0 Å². The average molecular weight is 518 g/mol. The number of benzene rings is 2. The van der Waals surface area contributed by atoms with Crippen molar-refractivity contribution in [2.24, 2.45) is 5.92 Å². The third-order valence-corrected chi connectivity index (χ3v) is 7.27. The first-order valence-corrected chi connectivity index (χ1v) is 12.8. The third-order valence-electron chi connectivity index (χ3n) is 7.27. The van der Waals surface area contributed by atoms with E-state index in [0.717, 1.165) is 37.2 Å². The van der Waals surface area contributed by atoms with Gasteiger partial charge in [-0.1, -0.05) is 19.1 Å². The van der Waals surface area contributed by atoms with Gasteiger partial charge in [-0.2, -0.15) is 4.98 Å². The maximum absolute atomic E-state index is 13.4. The monoisotopic (exact) mass is 517 g/mol. The Hall–Kier alpha value is -4.21. The van der Waals surface area contributed by atoms with E-state index in [4.69, 9.17) is 19.4 Å². The Kier molecular flexibility index (Phi) is 7.13. The number of rotatable bonds is 6. The van der Waals surface area contributed by atoms with Crippen molar-refractivity contribution in [1.29, 1.82) is 0 Å². The summed E-state index contributed by atoms with van der Waals surface area (Å²) in [6, 6.07) is 11.9. The molecule has 2 aliphatic heterocycles. The molecule has 5 rings (SSSR count). The van der Waals surface area contributed by atoms with Crippen LogP contribution in [0.3, 0.4) is 0 Å². The Morgan fingerprint density at radius 1 is 1.08 bits per heavy atom. The van der Waals surface area contributed by atoms with Gasteiger partial charge in [0.05, 0.1) is 29.8 Å². The lowest BCUT2D eigenvalue weighted by Crippen LogP contribution is -2.38. The molecule has 0 atom stereocenters. The molecule has 10 heteroatoms. The third kappa shape index (κ3) is 5.25. The van der Waals surface area contributed by atoms with E-state index in [1.807, 2.05) is 18.2 Å². The van der Waals surface area contributed by atoms with Gasteiger partial charge in [-0.05, 0) is 43.9 Å². The lowest BCUT2D eigenvalue weighted by Gasteiger charge is -2.33. The fourth-order valence-electron chi connectivity index (χ4n) is 4.88. The van der Waals surface area contributed by atoms with Crippen molar-refractivity contribution in [3.05, 3.63) is 75.0 Å². The second kappa shape index (κ2) is 10.6. The molecule has 0 unspecified atom stereocenters. The average Bonchev–Trinajstić information content (AvgIpc) is 2.93. The van der Waals surface area contributed by atoms with Crippen molar-refractivity contribution >= 4 is 17.5 Å². The minimum atomic E-state index is -0.464. The Bertz CT molecular complexity index is 1370. The van der Waals surface area contributed by atoms with Gasteiger partial charge in [-0.25, -0.2) is 4.98 Å². The molecule has 1 amide bonds. The van der Waals surface area contributed by atoms with E-state index in [1.54, 1.807) is 37.1 Å². The maximum Gasteiger partial charge on any atom is 0.273 e. The second-order valence-electron chi connectivity index (χ2n) is 9.94. The summed E-state index contributed by atoms with van der Waals surface area (Å²) < 4.78 is 11.6. The van der Waals surface area contributed by atoms with Crippen LogP contribution in [0.25, 0.3) is 0 Å². The normalized spacial score (nSPS) is 15.7. The van der Waals surface area contributed by atoms with E-state index in [2.05, 4.69) is 11.8 Å². The van der Waals surface area contributed by atoms with Crippen LogP contribution in [-0.2, 0) is 13.0 Å².